The summed E-state index contributed by atoms with van der Waals surface area (Å²) in [5.74, 6) is 2.93. The van der Waals surface area contributed by atoms with E-state index >= 15 is 0 Å². The second-order valence-corrected chi connectivity index (χ2v) is 5.95. The lowest BCUT2D eigenvalue weighted by Crippen LogP contribution is -2.34. The zero-order chi connectivity index (χ0) is 16.2. The summed E-state index contributed by atoms with van der Waals surface area (Å²) in [5.41, 5.74) is 7.73. The van der Waals surface area contributed by atoms with Gasteiger partial charge in [-0.05, 0) is 30.9 Å². The quantitative estimate of drug-likeness (QED) is 0.903. The molecule has 0 aliphatic carbocycles. The molecular weight excluding hydrogens is 290 g/mol. The first-order chi connectivity index (χ1) is 11.2. The van der Waals surface area contributed by atoms with E-state index in [1.165, 1.54) is 12.8 Å². The van der Waals surface area contributed by atoms with Gasteiger partial charge in [-0.1, -0.05) is 19.1 Å². The van der Waals surface area contributed by atoms with E-state index in [-0.39, 0.29) is 0 Å². The number of para-hydroxylation sites is 2. The number of anilines is 4. The fourth-order valence-corrected chi connectivity index (χ4v) is 2.83. The van der Waals surface area contributed by atoms with E-state index < -0.39 is 0 Å². The summed E-state index contributed by atoms with van der Waals surface area (Å²) < 4.78 is 5.36. The Hall–Kier alpha value is -2.50. The van der Waals surface area contributed by atoms with Crippen molar-refractivity contribution < 1.29 is 4.74 Å². The molecule has 1 saturated heterocycles. The highest BCUT2D eigenvalue weighted by atomic mass is 16.5. The van der Waals surface area contributed by atoms with Crippen LogP contribution < -0.4 is 20.7 Å². The zero-order valence-corrected chi connectivity index (χ0v) is 13.6. The van der Waals surface area contributed by atoms with Crippen molar-refractivity contribution in [1.29, 1.82) is 0 Å². The molecule has 1 aliphatic heterocycles. The lowest BCUT2D eigenvalue weighted by molar-refractivity contribution is 0.417. The molecular formula is C17H23N5O. The van der Waals surface area contributed by atoms with Gasteiger partial charge < -0.3 is 20.7 Å². The molecule has 3 N–H and O–H groups in total. The highest BCUT2D eigenvalue weighted by Gasteiger charge is 2.20. The molecule has 0 spiro atoms. The fourth-order valence-electron chi connectivity index (χ4n) is 2.83. The summed E-state index contributed by atoms with van der Waals surface area (Å²) in [7, 11) is 1.64. The van der Waals surface area contributed by atoms with Crippen LogP contribution in [0.3, 0.4) is 0 Å². The fraction of sp³-hybridized carbons (Fsp3) is 0.412. The Labute approximate surface area is 136 Å². The number of nitrogen functional groups attached to an aromatic ring is 1. The molecule has 122 valence electrons. The Morgan fingerprint density at radius 2 is 1.96 bits per heavy atom. The van der Waals surface area contributed by atoms with E-state index in [0.29, 0.717) is 11.5 Å². The Kier molecular flexibility index (Phi) is 4.50. The molecule has 0 amide bonds. The number of rotatable bonds is 4. The summed E-state index contributed by atoms with van der Waals surface area (Å²) in [6, 6.07) is 7.69. The van der Waals surface area contributed by atoms with Gasteiger partial charge in [0, 0.05) is 13.1 Å². The van der Waals surface area contributed by atoms with Crippen LogP contribution in [0.25, 0.3) is 0 Å². The van der Waals surface area contributed by atoms with Crippen molar-refractivity contribution in [2.45, 2.75) is 19.8 Å². The third-order valence-electron chi connectivity index (χ3n) is 4.31. The molecule has 1 aliphatic rings. The molecule has 6 nitrogen and oxygen atoms in total. The van der Waals surface area contributed by atoms with Crippen molar-refractivity contribution in [2.75, 3.05) is 36.1 Å². The van der Waals surface area contributed by atoms with Crippen LogP contribution in [0.15, 0.2) is 30.6 Å². The maximum absolute atomic E-state index is 6.32. The Morgan fingerprint density at radius 1 is 1.22 bits per heavy atom. The van der Waals surface area contributed by atoms with E-state index in [1.54, 1.807) is 13.4 Å². The first-order valence-electron chi connectivity index (χ1n) is 7.94. The Bertz CT molecular complexity index is 668. The van der Waals surface area contributed by atoms with Gasteiger partial charge in [0.05, 0.1) is 12.8 Å². The normalized spacial score (nSPS) is 15.5. The second-order valence-electron chi connectivity index (χ2n) is 5.95. The van der Waals surface area contributed by atoms with Crippen molar-refractivity contribution in [3.05, 3.63) is 30.6 Å². The van der Waals surface area contributed by atoms with Crippen LogP contribution in [-0.2, 0) is 0 Å². The minimum absolute atomic E-state index is 0.577. The van der Waals surface area contributed by atoms with Gasteiger partial charge in [-0.2, -0.15) is 0 Å². The van der Waals surface area contributed by atoms with E-state index in [9.17, 15) is 0 Å². The molecule has 2 heterocycles. The third-order valence-corrected chi connectivity index (χ3v) is 4.31. The van der Waals surface area contributed by atoms with Gasteiger partial charge in [0.15, 0.2) is 11.6 Å². The number of ether oxygens (including phenoxy) is 1. The number of piperidine rings is 1. The van der Waals surface area contributed by atoms with Gasteiger partial charge in [0.1, 0.15) is 17.8 Å². The molecule has 0 unspecified atom stereocenters. The van der Waals surface area contributed by atoms with Crippen molar-refractivity contribution >= 4 is 23.0 Å². The zero-order valence-electron chi connectivity index (χ0n) is 13.6. The van der Waals surface area contributed by atoms with Crippen molar-refractivity contribution in [3.63, 3.8) is 0 Å². The number of hydrogen-bond acceptors (Lipinski definition) is 6. The lowest BCUT2D eigenvalue weighted by atomic mass is 9.99. The van der Waals surface area contributed by atoms with Crippen LogP contribution in [0.2, 0.25) is 0 Å². The molecule has 0 atom stereocenters. The molecule has 23 heavy (non-hydrogen) atoms. The second kappa shape index (κ2) is 6.73. The monoisotopic (exact) mass is 313 g/mol. The van der Waals surface area contributed by atoms with Crippen LogP contribution in [0, 0.1) is 5.92 Å². The van der Waals surface area contributed by atoms with Crippen LogP contribution >= 0.6 is 0 Å². The molecule has 3 rings (SSSR count). The number of nitrogens with two attached hydrogens (primary N) is 1. The number of aromatic nitrogens is 2. The molecule has 1 fully saturated rings. The number of nitrogens with zero attached hydrogens (tertiary/aromatic N) is 3. The molecule has 0 saturated carbocycles. The van der Waals surface area contributed by atoms with Crippen molar-refractivity contribution in [1.82, 2.24) is 9.97 Å². The summed E-state index contributed by atoms with van der Waals surface area (Å²) in [5, 5.41) is 3.25. The number of benzene rings is 1. The lowest BCUT2D eigenvalue weighted by Gasteiger charge is -2.32. The van der Waals surface area contributed by atoms with Crippen LogP contribution in [0.1, 0.15) is 19.8 Å². The first-order valence-corrected chi connectivity index (χ1v) is 7.94. The van der Waals surface area contributed by atoms with E-state index in [4.69, 9.17) is 10.5 Å². The Morgan fingerprint density at radius 3 is 2.70 bits per heavy atom. The van der Waals surface area contributed by atoms with Crippen LogP contribution in [0.5, 0.6) is 5.75 Å². The van der Waals surface area contributed by atoms with Crippen molar-refractivity contribution in [2.24, 2.45) is 5.92 Å². The molecule has 1 aromatic heterocycles. The van der Waals surface area contributed by atoms with Crippen molar-refractivity contribution in [3.8, 4) is 5.75 Å². The minimum Gasteiger partial charge on any atom is -0.495 e. The standard InChI is InChI=1S/C17H23N5O/c1-12-7-9-22(10-8-12)17-15(18)16(19-11-20-17)21-13-5-3-4-6-14(13)23-2/h3-6,11-12H,7-10,18H2,1-2H3,(H,19,20,21). The van der Waals surface area contributed by atoms with Gasteiger partial charge >= 0.3 is 0 Å². The van der Waals surface area contributed by atoms with Crippen LogP contribution in [0.4, 0.5) is 23.0 Å². The summed E-state index contributed by atoms with van der Waals surface area (Å²) in [6.45, 7) is 4.25. The molecule has 1 aromatic carbocycles. The van der Waals surface area contributed by atoms with E-state index in [1.807, 2.05) is 24.3 Å². The SMILES string of the molecule is COc1ccccc1Nc1ncnc(N2CCC(C)CC2)c1N. The highest BCUT2D eigenvalue weighted by molar-refractivity contribution is 5.79. The van der Waals surface area contributed by atoms with Gasteiger partial charge in [0.25, 0.3) is 0 Å². The third kappa shape index (κ3) is 3.31. The van der Waals surface area contributed by atoms with Gasteiger partial charge in [0.2, 0.25) is 0 Å². The minimum atomic E-state index is 0.577. The smallest absolute Gasteiger partial charge is 0.159 e. The largest absolute Gasteiger partial charge is 0.495 e. The average Bonchev–Trinajstić information content (AvgIpc) is 2.58. The predicted molar refractivity (Wildman–Crippen MR) is 93.3 cm³/mol. The highest BCUT2D eigenvalue weighted by Crippen LogP contribution is 2.33. The number of nitrogens with one attached hydrogen (secondary N) is 1. The molecule has 0 bridgehead atoms. The summed E-state index contributed by atoms with van der Waals surface area (Å²) in [6.07, 6.45) is 3.89. The maximum atomic E-state index is 6.32. The maximum Gasteiger partial charge on any atom is 0.159 e. The summed E-state index contributed by atoms with van der Waals surface area (Å²) in [4.78, 5) is 10.9. The summed E-state index contributed by atoms with van der Waals surface area (Å²) >= 11 is 0. The van der Waals surface area contributed by atoms with Crippen LogP contribution in [-0.4, -0.2) is 30.2 Å². The molecule has 2 aromatic rings. The topological polar surface area (TPSA) is 76.3 Å². The average molecular weight is 313 g/mol. The van der Waals surface area contributed by atoms with Gasteiger partial charge in [-0.15, -0.1) is 0 Å². The number of hydrogen-bond donors (Lipinski definition) is 2. The molecule has 0 radical (unpaired) electrons. The Balaban J connectivity index is 1.85. The van der Waals surface area contributed by atoms with Gasteiger partial charge in [-0.3, -0.25) is 0 Å². The predicted octanol–water partition coefficient (Wildman–Crippen LogP) is 3.05. The van der Waals surface area contributed by atoms with E-state index in [0.717, 1.165) is 36.3 Å². The van der Waals surface area contributed by atoms with E-state index in [2.05, 4.69) is 27.1 Å². The molecule has 6 heteroatoms. The number of methoxy groups -OCH3 is 1. The first kappa shape index (κ1) is 15.4. The van der Waals surface area contributed by atoms with Gasteiger partial charge in [-0.25, -0.2) is 9.97 Å².